The maximum atomic E-state index is 11.9. The number of nitrogens with zero attached hydrogens (tertiary/aromatic N) is 1. The van der Waals surface area contributed by atoms with Crippen LogP contribution in [0.3, 0.4) is 0 Å². The summed E-state index contributed by atoms with van der Waals surface area (Å²) in [6, 6.07) is 0. The van der Waals surface area contributed by atoms with Gasteiger partial charge in [-0.05, 0) is 33.6 Å². The molecule has 4 nitrogen and oxygen atoms in total. The third-order valence-corrected chi connectivity index (χ3v) is 4.94. The Morgan fingerprint density at radius 2 is 2.13 bits per heavy atom. The Morgan fingerprint density at radius 3 is 2.67 bits per heavy atom. The zero-order valence-electron chi connectivity index (χ0n) is 9.77. The standard InChI is InChI=1S/C10H21NO3S/c1-4-14-10-6-5-7-11(8-10)15(12,13)9(2)3/h9-10H,4-8H2,1-3H3. The van der Waals surface area contributed by atoms with E-state index in [9.17, 15) is 8.42 Å². The number of piperidine rings is 1. The van der Waals surface area contributed by atoms with Gasteiger partial charge in [0.15, 0.2) is 0 Å². The van der Waals surface area contributed by atoms with Gasteiger partial charge in [0.25, 0.3) is 0 Å². The fraction of sp³-hybridized carbons (Fsp3) is 1.00. The molecule has 1 aliphatic heterocycles. The third kappa shape index (κ3) is 3.16. The smallest absolute Gasteiger partial charge is 0.216 e. The van der Waals surface area contributed by atoms with Gasteiger partial charge in [-0.15, -0.1) is 0 Å². The van der Waals surface area contributed by atoms with Gasteiger partial charge in [0, 0.05) is 19.7 Å². The molecule has 1 unspecified atom stereocenters. The van der Waals surface area contributed by atoms with Gasteiger partial charge in [0.2, 0.25) is 10.0 Å². The number of hydrogen-bond acceptors (Lipinski definition) is 3. The first-order valence-electron chi connectivity index (χ1n) is 5.59. The quantitative estimate of drug-likeness (QED) is 0.736. The average molecular weight is 235 g/mol. The summed E-state index contributed by atoms with van der Waals surface area (Å²) in [5.41, 5.74) is 0. The van der Waals surface area contributed by atoms with Crippen LogP contribution in [-0.2, 0) is 14.8 Å². The Kier molecular flexibility index (Phi) is 4.55. The van der Waals surface area contributed by atoms with Gasteiger partial charge in [-0.1, -0.05) is 0 Å². The van der Waals surface area contributed by atoms with E-state index in [0.717, 1.165) is 12.8 Å². The normalized spacial score (nSPS) is 24.7. The third-order valence-electron chi connectivity index (χ3n) is 2.70. The molecule has 1 heterocycles. The number of rotatable bonds is 4. The summed E-state index contributed by atoms with van der Waals surface area (Å²) >= 11 is 0. The lowest BCUT2D eigenvalue weighted by molar-refractivity contribution is 0.0263. The van der Waals surface area contributed by atoms with Gasteiger partial charge in [0.1, 0.15) is 0 Å². The minimum absolute atomic E-state index is 0.0808. The Bertz CT molecular complexity index is 285. The molecule has 0 radical (unpaired) electrons. The SMILES string of the molecule is CCOC1CCCN(S(=O)(=O)C(C)C)C1. The highest BCUT2D eigenvalue weighted by molar-refractivity contribution is 7.89. The van der Waals surface area contributed by atoms with Gasteiger partial charge in [-0.2, -0.15) is 4.31 Å². The molecule has 1 fully saturated rings. The molecule has 1 saturated heterocycles. The van der Waals surface area contributed by atoms with Crippen LogP contribution in [0.1, 0.15) is 33.6 Å². The van der Waals surface area contributed by atoms with Crippen LogP contribution in [0.15, 0.2) is 0 Å². The van der Waals surface area contributed by atoms with E-state index in [1.165, 1.54) is 0 Å². The monoisotopic (exact) mass is 235 g/mol. The highest BCUT2D eigenvalue weighted by Gasteiger charge is 2.30. The highest BCUT2D eigenvalue weighted by Crippen LogP contribution is 2.18. The first-order chi connectivity index (χ1) is 6.98. The molecular formula is C10H21NO3S. The summed E-state index contributed by atoms with van der Waals surface area (Å²) < 4.78 is 30.9. The van der Waals surface area contributed by atoms with Crippen molar-refractivity contribution >= 4 is 10.0 Å². The fourth-order valence-electron chi connectivity index (χ4n) is 1.81. The summed E-state index contributed by atoms with van der Waals surface area (Å²) in [5, 5.41) is -0.335. The fourth-order valence-corrected chi connectivity index (χ4v) is 3.16. The number of hydrogen-bond donors (Lipinski definition) is 0. The van der Waals surface area contributed by atoms with Crippen LogP contribution in [0.25, 0.3) is 0 Å². The molecule has 0 N–H and O–H groups in total. The minimum Gasteiger partial charge on any atom is -0.377 e. The van der Waals surface area contributed by atoms with Crippen molar-refractivity contribution in [2.75, 3.05) is 19.7 Å². The van der Waals surface area contributed by atoms with Crippen LogP contribution in [0.2, 0.25) is 0 Å². The molecular weight excluding hydrogens is 214 g/mol. The lowest BCUT2D eigenvalue weighted by Crippen LogP contribution is -2.45. The van der Waals surface area contributed by atoms with Crippen LogP contribution in [0, 0.1) is 0 Å². The molecule has 0 aromatic carbocycles. The molecule has 5 heteroatoms. The molecule has 15 heavy (non-hydrogen) atoms. The van der Waals surface area contributed by atoms with E-state index in [4.69, 9.17) is 4.74 Å². The molecule has 0 spiro atoms. The number of sulfonamides is 1. The lowest BCUT2D eigenvalue weighted by atomic mass is 10.1. The van der Waals surface area contributed by atoms with Crippen LogP contribution >= 0.6 is 0 Å². The molecule has 1 aliphatic rings. The second kappa shape index (κ2) is 5.27. The van der Waals surface area contributed by atoms with Crippen molar-refractivity contribution in [2.24, 2.45) is 0 Å². The van der Waals surface area contributed by atoms with Crippen LogP contribution in [-0.4, -0.2) is 43.8 Å². The van der Waals surface area contributed by atoms with E-state index < -0.39 is 10.0 Å². The van der Waals surface area contributed by atoms with Crippen LogP contribution in [0.4, 0.5) is 0 Å². The summed E-state index contributed by atoms with van der Waals surface area (Å²) in [6.07, 6.45) is 1.95. The van der Waals surface area contributed by atoms with Crippen molar-refractivity contribution in [3.8, 4) is 0 Å². The van der Waals surface area contributed by atoms with Crippen molar-refractivity contribution < 1.29 is 13.2 Å². The summed E-state index contributed by atoms with van der Waals surface area (Å²) in [7, 11) is -3.10. The molecule has 0 aliphatic carbocycles. The van der Waals surface area contributed by atoms with E-state index in [-0.39, 0.29) is 11.4 Å². The Morgan fingerprint density at radius 1 is 1.47 bits per heavy atom. The minimum atomic E-state index is -3.10. The van der Waals surface area contributed by atoms with E-state index in [1.54, 1.807) is 18.2 Å². The van der Waals surface area contributed by atoms with E-state index in [1.807, 2.05) is 6.92 Å². The second-order valence-corrected chi connectivity index (χ2v) is 6.66. The summed E-state index contributed by atoms with van der Waals surface area (Å²) in [6.45, 7) is 7.20. The van der Waals surface area contributed by atoms with Gasteiger partial charge in [-0.3, -0.25) is 0 Å². The summed E-state index contributed by atoms with van der Waals surface area (Å²) in [5.74, 6) is 0. The van der Waals surface area contributed by atoms with Gasteiger partial charge < -0.3 is 4.74 Å². The first kappa shape index (κ1) is 12.9. The van der Waals surface area contributed by atoms with Gasteiger partial charge in [0.05, 0.1) is 11.4 Å². The predicted molar refractivity (Wildman–Crippen MR) is 60.3 cm³/mol. The van der Waals surface area contributed by atoms with Crippen molar-refractivity contribution in [1.29, 1.82) is 0 Å². The van der Waals surface area contributed by atoms with Crippen molar-refractivity contribution in [1.82, 2.24) is 4.31 Å². The Balaban J connectivity index is 2.64. The number of ether oxygens (including phenoxy) is 1. The molecule has 0 aromatic heterocycles. The molecule has 0 aromatic rings. The van der Waals surface area contributed by atoms with Gasteiger partial charge in [-0.25, -0.2) is 8.42 Å². The van der Waals surface area contributed by atoms with Crippen molar-refractivity contribution in [3.63, 3.8) is 0 Å². The van der Waals surface area contributed by atoms with E-state index in [2.05, 4.69) is 0 Å². The van der Waals surface area contributed by atoms with Crippen molar-refractivity contribution in [2.45, 2.75) is 45.0 Å². The lowest BCUT2D eigenvalue weighted by Gasteiger charge is -2.32. The average Bonchev–Trinajstić information content (AvgIpc) is 2.18. The van der Waals surface area contributed by atoms with E-state index in [0.29, 0.717) is 19.7 Å². The molecule has 1 atom stereocenters. The van der Waals surface area contributed by atoms with Crippen LogP contribution in [0.5, 0.6) is 0 Å². The Hall–Kier alpha value is -0.130. The highest BCUT2D eigenvalue weighted by atomic mass is 32.2. The molecule has 0 saturated carbocycles. The predicted octanol–water partition coefficient (Wildman–Crippen LogP) is 1.23. The largest absolute Gasteiger partial charge is 0.377 e. The second-order valence-electron chi connectivity index (χ2n) is 4.17. The molecule has 0 amide bonds. The first-order valence-corrected chi connectivity index (χ1v) is 7.09. The zero-order chi connectivity index (χ0) is 11.5. The maximum absolute atomic E-state index is 11.9. The summed E-state index contributed by atoms with van der Waals surface area (Å²) in [4.78, 5) is 0. The molecule has 90 valence electrons. The molecule has 0 bridgehead atoms. The Labute approximate surface area is 92.7 Å². The zero-order valence-corrected chi connectivity index (χ0v) is 10.6. The van der Waals surface area contributed by atoms with Crippen LogP contribution < -0.4 is 0 Å². The molecule has 1 rings (SSSR count). The topological polar surface area (TPSA) is 46.6 Å². The van der Waals surface area contributed by atoms with Gasteiger partial charge >= 0.3 is 0 Å². The van der Waals surface area contributed by atoms with E-state index >= 15 is 0 Å². The maximum Gasteiger partial charge on any atom is 0.216 e. The van der Waals surface area contributed by atoms with Crippen molar-refractivity contribution in [3.05, 3.63) is 0 Å².